The maximum atomic E-state index is 12.7. The molecule has 0 radical (unpaired) electrons. The molecule has 1 heterocycles. The summed E-state index contributed by atoms with van der Waals surface area (Å²) in [6, 6.07) is -0.0225. The largest absolute Gasteiger partial charge is 0.308 e. The lowest BCUT2D eigenvalue weighted by atomic mass is 10.0. The molecule has 1 unspecified atom stereocenters. The lowest BCUT2D eigenvalue weighted by molar-refractivity contribution is 0.231. The summed E-state index contributed by atoms with van der Waals surface area (Å²) in [5.74, 6) is 1.08. The maximum absolute atomic E-state index is 12.7. The van der Waals surface area contributed by atoms with Crippen LogP contribution in [0.25, 0.3) is 0 Å². The molecule has 0 aromatic carbocycles. The van der Waals surface area contributed by atoms with Gasteiger partial charge in [-0.15, -0.1) is 11.6 Å². The summed E-state index contributed by atoms with van der Waals surface area (Å²) in [5.41, 5.74) is 0. The zero-order chi connectivity index (χ0) is 15.3. The highest BCUT2D eigenvalue weighted by molar-refractivity contribution is 7.86. The van der Waals surface area contributed by atoms with Crippen LogP contribution in [-0.4, -0.2) is 74.1 Å². The lowest BCUT2D eigenvalue weighted by Gasteiger charge is -2.37. The van der Waals surface area contributed by atoms with E-state index < -0.39 is 10.2 Å². The molecule has 1 saturated heterocycles. The summed E-state index contributed by atoms with van der Waals surface area (Å²) in [5, 5.41) is 0. The average Bonchev–Trinajstić information content (AvgIpc) is 2.38. The molecule has 120 valence electrons. The van der Waals surface area contributed by atoms with Crippen molar-refractivity contribution >= 4 is 21.8 Å². The third-order valence-corrected chi connectivity index (χ3v) is 6.51. The predicted octanol–water partition coefficient (Wildman–Crippen LogP) is 1.45. The minimum atomic E-state index is -3.35. The molecule has 5 nitrogen and oxygen atoms in total. The molecular formula is C13H28ClN3O2S. The van der Waals surface area contributed by atoms with E-state index in [9.17, 15) is 8.42 Å². The van der Waals surface area contributed by atoms with Gasteiger partial charge in [0.1, 0.15) is 0 Å². The van der Waals surface area contributed by atoms with Crippen LogP contribution < -0.4 is 0 Å². The summed E-state index contributed by atoms with van der Waals surface area (Å²) < 4.78 is 28.7. The van der Waals surface area contributed by atoms with Gasteiger partial charge in [0.25, 0.3) is 10.2 Å². The molecule has 1 aliphatic rings. The van der Waals surface area contributed by atoms with Crippen molar-refractivity contribution in [2.45, 2.75) is 32.7 Å². The first-order valence-electron chi connectivity index (χ1n) is 7.30. The quantitative estimate of drug-likeness (QED) is 0.666. The van der Waals surface area contributed by atoms with Crippen LogP contribution in [0.15, 0.2) is 0 Å². The van der Waals surface area contributed by atoms with Crippen molar-refractivity contribution in [3.05, 3.63) is 0 Å². The van der Waals surface area contributed by atoms with Crippen LogP contribution in [0, 0.1) is 5.92 Å². The smallest absolute Gasteiger partial charge is 0.282 e. The molecule has 1 fully saturated rings. The Bertz CT molecular complexity index is 381. The monoisotopic (exact) mass is 325 g/mol. The molecule has 20 heavy (non-hydrogen) atoms. The second-order valence-corrected chi connectivity index (χ2v) is 8.01. The van der Waals surface area contributed by atoms with Crippen molar-refractivity contribution < 1.29 is 8.42 Å². The lowest BCUT2D eigenvalue weighted by Crippen LogP contribution is -2.52. The molecule has 1 rings (SSSR count). The Morgan fingerprint density at radius 3 is 2.25 bits per heavy atom. The van der Waals surface area contributed by atoms with E-state index in [4.69, 9.17) is 11.6 Å². The van der Waals surface area contributed by atoms with Gasteiger partial charge in [0.15, 0.2) is 0 Å². The molecule has 0 bridgehead atoms. The summed E-state index contributed by atoms with van der Waals surface area (Å²) in [7, 11) is 0.569. The molecule has 0 aromatic heterocycles. The normalized spacial score (nSPS) is 20.8. The van der Waals surface area contributed by atoms with Crippen LogP contribution in [0.4, 0.5) is 0 Å². The van der Waals surface area contributed by atoms with Gasteiger partial charge in [-0.3, -0.25) is 0 Å². The van der Waals surface area contributed by atoms with Gasteiger partial charge in [-0.05, 0) is 39.8 Å². The van der Waals surface area contributed by atoms with E-state index >= 15 is 0 Å². The van der Waals surface area contributed by atoms with Gasteiger partial charge in [0.2, 0.25) is 0 Å². The number of hydrogen-bond donors (Lipinski definition) is 0. The van der Waals surface area contributed by atoms with E-state index in [0.717, 1.165) is 19.4 Å². The molecule has 7 heteroatoms. The number of nitrogens with zero attached hydrogens (tertiary/aromatic N) is 3. The number of rotatable bonds is 7. The molecule has 0 amide bonds. The molecule has 0 aliphatic carbocycles. The standard InChI is InChI=1S/C13H28ClN3O2S/c1-5-17(12(2)11-15(3)4)20(18,19)16-8-6-13(10-14)7-9-16/h12-13H,5-11H2,1-4H3. The fourth-order valence-corrected chi connectivity index (χ4v) is 4.89. The van der Waals surface area contributed by atoms with Gasteiger partial charge in [-0.2, -0.15) is 17.0 Å². The van der Waals surface area contributed by atoms with Gasteiger partial charge >= 0.3 is 0 Å². The molecule has 1 aliphatic heterocycles. The molecular weight excluding hydrogens is 298 g/mol. The minimum Gasteiger partial charge on any atom is -0.308 e. The Hall–Kier alpha value is 0.120. The number of halogens is 1. The summed E-state index contributed by atoms with van der Waals surface area (Å²) >= 11 is 5.86. The van der Waals surface area contributed by atoms with Crippen molar-refractivity contribution in [1.29, 1.82) is 0 Å². The average molecular weight is 326 g/mol. The van der Waals surface area contributed by atoms with E-state index in [1.54, 1.807) is 8.61 Å². The van der Waals surface area contributed by atoms with E-state index in [1.807, 2.05) is 32.8 Å². The van der Waals surface area contributed by atoms with Crippen molar-refractivity contribution in [1.82, 2.24) is 13.5 Å². The van der Waals surface area contributed by atoms with Gasteiger partial charge in [-0.1, -0.05) is 6.92 Å². The molecule has 1 atom stereocenters. The predicted molar refractivity (Wildman–Crippen MR) is 84.3 cm³/mol. The molecule has 0 saturated carbocycles. The Labute approximate surface area is 129 Å². The second-order valence-electron chi connectivity index (χ2n) is 5.82. The zero-order valence-corrected chi connectivity index (χ0v) is 14.6. The van der Waals surface area contributed by atoms with Crippen LogP contribution in [0.2, 0.25) is 0 Å². The SMILES string of the molecule is CCN(C(C)CN(C)C)S(=O)(=O)N1CCC(CCl)CC1. The highest BCUT2D eigenvalue weighted by Crippen LogP contribution is 2.23. The number of alkyl halides is 1. The van der Waals surface area contributed by atoms with E-state index in [2.05, 4.69) is 0 Å². The summed E-state index contributed by atoms with van der Waals surface area (Å²) in [6.07, 6.45) is 1.73. The Morgan fingerprint density at radius 2 is 1.85 bits per heavy atom. The fourth-order valence-electron chi connectivity index (χ4n) is 2.76. The van der Waals surface area contributed by atoms with E-state index in [-0.39, 0.29) is 6.04 Å². The van der Waals surface area contributed by atoms with Gasteiger partial charge in [0.05, 0.1) is 0 Å². The Morgan fingerprint density at radius 1 is 1.30 bits per heavy atom. The van der Waals surface area contributed by atoms with E-state index in [1.165, 1.54) is 0 Å². The zero-order valence-electron chi connectivity index (χ0n) is 13.0. The van der Waals surface area contributed by atoms with Crippen LogP contribution in [0.3, 0.4) is 0 Å². The first-order valence-corrected chi connectivity index (χ1v) is 9.23. The molecule has 0 aromatic rings. The maximum Gasteiger partial charge on any atom is 0.282 e. The highest BCUT2D eigenvalue weighted by Gasteiger charge is 2.34. The first kappa shape index (κ1) is 18.2. The minimum absolute atomic E-state index is 0.0225. The van der Waals surface area contributed by atoms with Crippen molar-refractivity contribution in [2.24, 2.45) is 5.92 Å². The third kappa shape index (κ3) is 4.56. The van der Waals surface area contributed by atoms with Crippen LogP contribution >= 0.6 is 11.6 Å². The van der Waals surface area contributed by atoms with Gasteiger partial charge < -0.3 is 4.90 Å². The molecule has 0 N–H and O–H groups in total. The van der Waals surface area contributed by atoms with Gasteiger partial charge in [-0.25, -0.2) is 0 Å². The summed E-state index contributed by atoms with van der Waals surface area (Å²) in [6.45, 7) is 6.27. The van der Waals surface area contributed by atoms with Crippen LogP contribution in [0.1, 0.15) is 26.7 Å². The van der Waals surface area contributed by atoms with E-state index in [0.29, 0.717) is 31.4 Å². The summed E-state index contributed by atoms with van der Waals surface area (Å²) in [4.78, 5) is 2.02. The third-order valence-electron chi connectivity index (χ3n) is 3.85. The van der Waals surface area contributed by atoms with Gasteiger partial charge in [0, 0.05) is 38.1 Å². The number of hydrogen-bond acceptors (Lipinski definition) is 3. The Kier molecular flexibility index (Phi) is 7.21. The van der Waals surface area contributed by atoms with Crippen LogP contribution in [-0.2, 0) is 10.2 Å². The number of likely N-dealkylation sites (N-methyl/N-ethyl adjacent to an activating group) is 2. The first-order chi connectivity index (χ1) is 9.32. The fraction of sp³-hybridized carbons (Fsp3) is 1.00. The van der Waals surface area contributed by atoms with Crippen LogP contribution in [0.5, 0.6) is 0 Å². The molecule has 0 spiro atoms. The van der Waals surface area contributed by atoms with Crippen molar-refractivity contribution in [2.75, 3.05) is 46.2 Å². The second kappa shape index (κ2) is 7.94. The highest BCUT2D eigenvalue weighted by atomic mass is 35.5. The number of piperidine rings is 1. The Balaban J connectivity index is 2.75. The van der Waals surface area contributed by atoms with Crippen molar-refractivity contribution in [3.63, 3.8) is 0 Å². The topological polar surface area (TPSA) is 43.9 Å². The van der Waals surface area contributed by atoms with Crippen molar-refractivity contribution in [3.8, 4) is 0 Å².